The lowest BCUT2D eigenvalue weighted by atomic mass is 9.94. The van der Waals surface area contributed by atoms with Crippen molar-refractivity contribution in [3.05, 3.63) is 228 Å². The fourth-order valence-corrected chi connectivity index (χ4v) is 9.27. The lowest BCUT2D eigenvalue weighted by Crippen LogP contribution is -2.68. The van der Waals surface area contributed by atoms with E-state index >= 15 is 0 Å². The van der Waals surface area contributed by atoms with E-state index in [1.54, 1.807) is 91.0 Å². The highest BCUT2D eigenvalue weighted by Crippen LogP contribution is 2.38. The topological polar surface area (TPSA) is 163 Å². The minimum Gasteiger partial charge on any atom is -0.459 e. The molecule has 3 aliphatic rings. The predicted octanol–water partition coefficient (Wildman–Crippen LogP) is 8.21. The van der Waals surface area contributed by atoms with E-state index in [9.17, 15) is 19.2 Å². The first kappa shape index (κ1) is 49.0. The van der Waals surface area contributed by atoms with Crippen LogP contribution in [0, 0.1) is 0 Å². The van der Waals surface area contributed by atoms with Crippen LogP contribution in [0.2, 0.25) is 0 Å². The molecule has 3 heterocycles. The number of rotatable bonds is 18. The minimum atomic E-state index is -1.49. The third-order valence-corrected chi connectivity index (χ3v) is 12.9. The van der Waals surface area contributed by atoms with Crippen LogP contribution >= 0.6 is 0 Å². The van der Waals surface area contributed by atoms with Gasteiger partial charge in [-0.15, -0.1) is 0 Å². The summed E-state index contributed by atoms with van der Waals surface area (Å²) < 4.78 is 58.8. The second kappa shape index (κ2) is 23.3. The van der Waals surface area contributed by atoms with Crippen LogP contribution in [0.4, 0.5) is 0 Å². The zero-order valence-electron chi connectivity index (χ0n) is 39.6. The molecule has 14 heteroatoms. The van der Waals surface area contributed by atoms with Crippen LogP contribution in [0.15, 0.2) is 194 Å². The third kappa shape index (κ3) is 12.0. The van der Waals surface area contributed by atoms with Gasteiger partial charge < -0.3 is 47.9 Å². The van der Waals surface area contributed by atoms with Gasteiger partial charge in [-0.25, -0.2) is 14.4 Å². The van der Waals surface area contributed by atoms with E-state index in [0.29, 0.717) is 16.7 Å². The molecule has 0 unspecified atom stereocenters. The molecule has 1 N–H and O–H groups in total. The first-order valence-corrected chi connectivity index (χ1v) is 24.2. The zero-order valence-corrected chi connectivity index (χ0v) is 39.6. The number of amides is 1. The summed E-state index contributed by atoms with van der Waals surface area (Å²) in [7, 11) is 0. The largest absolute Gasteiger partial charge is 0.459 e. The Morgan fingerprint density at radius 1 is 0.493 bits per heavy atom. The van der Waals surface area contributed by atoms with Crippen molar-refractivity contribution < 1.29 is 61.8 Å². The molecule has 0 radical (unpaired) electrons. The summed E-state index contributed by atoms with van der Waals surface area (Å²) in [5, 5.41) is 5.12. The Morgan fingerprint density at radius 2 is 1.03 bits per heavy atom. The smallest absolute Gasteiger partial charge is 0.338 e. The third-order valence-electron chi connectivity index (χ3n) is 12.9. The van der Waals surface area contributed by atoms with Gasteiger partial charge in [0, 0.05) is 0 Å². The van der Waals surface area contributed by atoms with Crippen molar-refractivity contribution in [1.82, 2.24) is 5.32 Å². The second-order valence-electron chi connectivity index (χ2n) is 17.9. The summed E-state index contributed by atoms with van der Waals surface area (Å²) in [6.45, 7) is -0.313. The van der Waals surface area contributed by atoms with Crippen molar-refractivity contribution in [3.8, 4) is 0 Å². The van der Waals surface area contributed by atoms with Crippen LogP contribution in [0.25, 0.3) is 10.8 Å². The SMILES string of the molecule is O=C(Cc1ccccc1)N[C@H]1[C@@H](O[C@@H]2[C@@H](OCc3ccccc3)[C@@H](OC(=O)c3ccccc3)[C@@H]3OC[C@@H]2O3)O[C@H](COC(=O)c2ccccc2)[C@@H](OCc2ccc3ccccc3c2)[C@@H]1OC(=O)c1ccccc1. The highest BCUT2D eigenvalue weighted by atomic mass is 16.8. The molecule has 372 valence electrons. The average Bonchev–Trinajstić information content (AvgIpc) is 3.88. The maximum Gasteiger partial charge on any atom is 0.338 e. The lowest BCUT2D eigenvalue weighted by molar-refractivity contribution is -0.325. The Balaban J connectivity index is 1.04. The van der Waals surface area contributed by atoms with Crippen molar-refractivity contribution in [1.29, 1.82) is 0 Å². The number of esters is 3. The second-order valence-corrected chi connectivity index (χ2v) is 17.9. The Hall–Kier alpha value is -7.56. The first-order chi connectivity index (χ1) is 35.8. The van der Waals surface area contributed by atoms with E-state index in [1.807, 2.05) is 103 Å². The van der Waals surface area contributed by atoms with Crippen LogP contribution in [0.5, 0.6) is 0 Å². The number of hydrogen-bond donors (Lipinski definition) is 1. The Kier molecular flexibility index (Phi) is 15.7. The molecule has 3 aliphatic heterocycles. The quantitative estimate of drug-likeness (QED) is 0.0647. The molecule has 0 saturated carbocycles. The Labute approximate surface area is 422 Å². The monoisotopic (exact) mass is 983 g/mol. The van der Waals surface area contributed by atoms with Gasteiger partial charge in [0.1, 0.15) is 43.2 Å². The number of ether oxygens (including phenoxy) is 9. The van der Waals surface area contributed by atoms with E-state index in [2.05, 4.69) is 5.32 Å². The van der Waals surface area contributed by atoms with Crippen LogP contribution in [-0.2, 0) is 67.1 Å². The van der Waals surface area contributed by atoms with Gasteiger partial charge in [0.25, 0.3) is 0 Å². The van der Waals surface area contributed by atoms with Gasteiger partial charge in [-0.3, -0.25) is 4.79 Å². The van der Waals surface area contributed by atoms with Crippen LogP contribution in [0.3, 0.4) is 0 Å². The van der Waals surface area contributed by atoms with Crippen molar-refractivity contribution >= 4 is 34.6 Å². The summed E-state index contributed by atoms with van der Waals surface area (Å²) in [6, 6.07) is 56.6. The number of benzene rings is 7. The molecule has 3 saturated heterocycles. The molecule has 0 aliphatic carbocycles. The van der Waals surface area contributed by atoms with E-state index in [4.69, 9.17) is 42.6 Å². The van der Waals surface area contributed by atoms with Crippen molar-refractivity contribution in [2.75, 3.05) is 13.2 Å². The molecule has 7 aromatic carbocycles. The van der Waals surface area contributed by atoms with Crippen molar-refractivity contribution in [2.24, 2.45) is 0 Å². The summed E-state index contributed by atoms with van der Waals surface area (Å²) in [5.41, 5.74) is 3.16. The molecule has 0 aromatic heterocycles. The van der Waals surface area contributed by atoms with Gasteiger partial charge >= 0.3 is 17.9 Å². The van der Waals surface area contributed by atoms with Crippen molar-refractivity contribution in [3.63, 3.8) is 0 Å². The van der Waals surface area contributed by atoms with Gasteiger partial charge in [-0.1, -0.05) is 152 Å². The van der Waals surface area contributed by atoms with Crippen LogP contribution in [0.1, 0.15) is 47.8 Å². The molecule has 10 atom stereocenters. The fraction of sp³-hybridized carbons (Fsp3) is 0.254. The fourth-order valence-electron chi connectivity index (χ4n) is 9.27. The van der Waals surface area contributed by atoms with Crippen LogP contribution in [-0.4, -0.2) is 98.4 Å². The number of carbonyl (C=O) groups excluding carboxylic acids is 4. The first-order valence-electron chi connectivity index (χ1n) is 24.2. The molecule has 3 fully saturated rings. The van der Waals surface area contributed by atoms with Gasteiger partial charge in [0.2, 0.25) is 5.91 Å². The van der Waals surface area contributed by atoms with E-state index in [-0.39, 0.29) is 31.8 Å². The van der Waals surface area contributed by atoms with Gasteiger partial charge in [0.05, 0.1) is 42.9 Å². The summed E-state index contributed by atoms with van der Waals surface area (Å²) >= 11 is 0. The van der Waals surface area contributed by atoms with E-state index < -0.39 is 91.8 Å². The molecule has 0 spiro atoms. The lowest BCUT2D eigenvalue weighted by Gasteiger charge is -2.48. The zero-order chi connectivity index (χ0) is 49.9. The maximum atomic E-state index is 14.4. The number of hydrogen-bond acceptors (Lipinski definition) is 13. The van der Waals surface area contributed by atoms with Crippen LogP contribution < -0.4 is 5.32 Å². The summed E-state index contributed by atoms with van der Waals surface area (Å²) in [6.07, 6.45) is -10.5. The molecular weight excluding hydrogens is 931 g/mol. The molecule has 10 rings (SSSR count). The highest BCUT2D eigenvalue weighted by molar-refractivity contribution is 5.90. The number of nitrogens with one attached hydrogen (secondary N) is 1. The Bertz CT molecular complexity index is 2950. The molecular formula is C59H53NO13. The van der Waals surface area contributed by atoms with Gasteiger partial charge in [-0.05, 0) is 69.9 Å². The maximum absolute atomic E-state index is 14.4. The van der Waals surface area contributed by atoms with Gasteiger partial charge in [-0.2, -0.15) is 0 Å². The highest BCUT2D eigenvalue weighted by Gasteiger charge is 2.58. The average molecular weight is 984 g/mol. The van der Waals surface area contributed by atoms with Gasteiger partial charge in [0.15, 0.2) is 24.8 Å². The minimum absolute atomic E-state index is 0.00128. The Morgan fingerprint density at radius 3 is 1.67 bits per heavy atom. The number of carbonyl (C=O) groups is 4. The summed E-state index contributed by atoms with van der Waals surface area (Å²) in [4.78, 5) is 56.4. The van der Waals surface area contributed by atoms with E-state index in [1.165, 1.54) is 0 Å². The molecule has 73 heavy (non-hydrogen) atoms. The summed E-state index contributed by atoms with van der Waals surface area (Å²) in [5.74, 6) is -2.46. The van der Waals surface area contributed by atoms with Crippen molar-refractivity contribution in [2.45, 2.75) is 81.0 Å². The molecule has 14 nitrogen and oxygen atoms in total. The molecule has 7 aromatic rings. The molecule has 1 amide bonds. The molecule has 2 bridgehead atoms. The predicted molar refractivity (Wildman–Crippen MR) is 266 cm³/mol. The normalized spacial score (nSPS) is 24.3. The van der Waals surface area contributed by atoms with E-state index in [0.717, 1.165) is 21.9 Å². The number of fused-ring (bicyclic) bond motifs is 3. The standard InChI is InChI=1S/C59H53NO13/c61-48(33-38-18-6-1-7-19-38)60-49-52(71-56(63)43-25-12-4-13-26-43)50(65-35-40-30-31-41-22-16-17-29-45(41)32-40)46(36-67-55(62)42-23-10-3-11-24-42)69-58(49)73-51-47-37-68-59(70-47)54(72-57(64)44-27-14-5-15-28-44)53(51)66-34-39-20-8-2-9-21-39/h1-32,46-47,49-54,58-59H,33-37H2,(H,60,61)/t46-,47+,49-,50-,51+,52-,53-,54-,58-,59-/m1/s1.